The van der Waals surface area contributed by atoms with Gasteiger partial charge in [0.15, 0.2) is 11.6 Å². The Balaban J connectivity index is 1.46. The minimum Gasteiger partial charge on any atom is -0.467 e. The number of thioether (sulfide) groups is 1. The molecule has 5 rings (SSSR count). The zero-order valence-corrected chi connectivity index (χ0v) is 75.3. The van der Waals surface area contributed by atoms with Crippen LogP contribution in [-0.2, 0) is 96.2 Å². The molecule has 5 aromatic heterocycles. The normalized spacial score (nSPS) is 11.6. The number of ketones is 2. The number of Topliss-reactive ketones (excluding diaryl/α,β-unsaturated/α-hetero) is 2. The molecule has 9 N–H and O–H groups in total. The Hall–Kier alpha value is -10.4. The first-order valence-electron chi connectivity index (χ1n) is 42.1. The molecule has 0 saturated heterocycles. The molecule has 0 radical (unpaired) electrons. The summed E-state index contributed by atoms with van der Waals surface area (Å²) in [7, 11) is 1.40. The third-order valence-corrected chi connectivity index (χ3v) is 22.0. The molecular formula is C86H127N15O21S3. The maximum Gasteiger partial charge on any atom is 0.245 e. The van der Waals surface area contributed by atoms with Gasteiger partial charge in [0.05, 0.1) is 99.7 Å². The van der Waals surface area contributed by atoms with E-state index in [2.05, 4.69) is 22.5 Å². The molecule has 690 valence electrons. The van der Waals surface area contributed by atoms with Crippen LogP contribution in [0.25, 0.3) is 0 Å². The van der Waals surface area contributed by atoms with Gasteiger partial charge in [-0.05, 0) is 176 Å². The fourth-order valence-corrected chi connectivity index (χ4v) is 14.6. The standard InChI is InChI=1S/C86H127N15O21S3/c1-8-36-98(59-84(114)101(53-67-24-17-44-122-67)62-83(113)96(38-14-11-34-88)57-79(109)95(37-13-10-33-87)58-80(110)97(41-47-117-6)56-75(105)91-68(85(89)115)32-50-123-7)86(116)69(92-76(106)55-94(40-21-46-119-64(4)5)82(112)61-100(52-66-23-16-43-121-66)78(108)31-29-71(103)73-27-19-49-125-73)25-9-12-35-90-74(104)54-93(39-20-45-118-63(2)3)81(111)60-99(51-65-22-15-42-120-65)77(107)30-28-70(102)72-26-18-48-124-72/h8,15-19,22-24,26-27,42-44,48-49,63-64,68-69H,1,9-14,20-21,25,28-41,45-47,50-62,87-88H2,2-7H3,(H2,89,115)(H,90,104)(H,91,105)(H,92,106). The predicted molar refractivity (Wildman–Crippen MR) is 471 cm³/mol. The van der Waals surface area contributed by atoms with Crippen molar-refractivity contribution in [2.75, 3.05) is 157 Å². The molecule has 5 aromatic rings. The topological polar surface area (TPSA) is 466 Å². The number of nitrogens with one attached hydrogen (secondary N) is 3. The molecule has 0 fully saturated rings. The lowest BCUT2D eigenvalue weighted by atomic mass is 10.1. The van der Waals surface area contributed by atoms with Gasteiger partial charge < -0.3 is 105 Å². The Morgan fingerprint density at radius 2 is 0.840 bits per heavy atom. The summed E-state index contributed by atoms with van der Waals surface area (Å²) in [5, 5.41) is 11.7. The van der Waals surface area contributed by atoms with Gasteiger partial charge in [0.2, 0.25) is 76.8 Å². The molecule has 0 aliphatic rings. The smallest absolute Gasteiger partial charge is 0.245 e. The second kappa shape index (κ2) is 59.5. The number of carbonyl (C=O) groups is 15. The number of hydrogen-bond donors (Lipinski definition) is 6. The first-order chi connectivity index (χ1) is 60.1. The molecule has 0 aliphatic heterocycles. The van der Waals surface area contributed by atoms with Crippen LogP contribution in [0.2, 0.25) is 0 Å². The van der Waals surface area contributed by atoms with Crippen LogP contribution in [-0.4, -0.2) is 313 Å². The highest BCUT2D eigenvalue weighted by Gasteiger charge is 2.35. The van der Waals surface area contributed by atoms with Crippen LogP contribution in [0.4, 0.5) is 0 Å². The Labute approximate surface area is 743 Å². The highest BCUT2D eigenvalue weighted by molar-refractivity contribution is 7.98. The van der Waals surface area contributed by atoms with Gasteiger partial charge in [-0.25, -0.2) is 0 Å². The lowest BCUT2D eigenvalue weighted by molar-refractivity contribution is -0.148. The van der Waals surface area contributed by atoms with Crippen LogP contribution < -0.4 is 33.2 Å². The molecule has 13 amide bonds. The summed E-state index contributed by atoms with van der Waals surface area (Å²) < 4.78 is 33.7. The van der Waals surface area contributed by atoms with E-state index in [0.717, 1.165) is 9.80 Å². The van der Waals surface area contributed by atoms with E-state index in [-0.39, 0.29) is 186 Å². The number of methoxy groups -OCH3 is 1. The van der Waals surface area contributed by atoms with E-state index in [9.17, 15) is 57.5 Å². The van der Waals surface area contributed by atoms with Gasteiger partial charge in [0.1, 0.15) is 55.5 Å². The van der Waals surface area contributed by atoms with E-state index in [1.165, 1.54) is 101 Å². The second-order valence-corrected chi connectivity index (χ2v) is 33.1. The van der Waals surface area contributed by atoms with Crippen LogP contribution in [0.15, 0.2) is 116 Å². The lowest BCUT2D eigenvalue weighted by Gasteiger charge is -2.32. The number of carbonyl (C=O) groups excluding carboxylic acids is 15. The van der Waals surface area contributed by atoms with Gasteiger partial charge in [0.25, 0.3) is 0 Å². The first kappa shape index (κ1) is 105. The largest absolute Gasteiger partial charge is 0.467 e. The third-order valence-electron chi connectivity index (χ3n) is 19.5. The van der Waals surface area contributed by atoms with E-state index in [1.54, 1.807) is 71.4 Å². The van der Waals surface area contributed by atoms with Crippen LogP contribution in [0, 0.1) is 0 Å². The molecule has 125 heavy (non-hydrogen) atoms. The molecule has 2 unspecified atom stereocenters. The number of nitrogens with zero attached hydrogens (tertiary/aromatic N) is 9. The van der Waals surface area contributed by atoms with E-state index in [0.29, 0.717) is 59.1 Å². The summed E-state index contributed by atoms with van der Waals surface area (Å²) in [5.74, 6) is -7.92. The summed E-state index contributed by atoms with van der Waals surface area (Å²) in [4.78, 5) is 225. The van der Waals surface area contributed by atoms with Crippen LogP contribution in [0.5, 0.6) is 0 Å². The zero-order chi connectivity index (χ0) is 91.4. The maximum absolute atomic E-state index is 15.5. The molecule has 0 aromatic carbocycles. The van der Waals surface area contributed by atoms with Crippen molar-refractivity contribution in [3.8, 4) is 0 Å². The monoisotopic (exact) mass is 1800 g/mol. The Bertz CT molecular complexity index is 4110. The number of unbranched alkanes of at least 4 members (excludes halogenated alkanes) is 3. The molecule has 39 heteroatoms. The van der Waals surface area contributed by atoms with E-state index in [1.807, 2.05) is 34.0 Å². The number of amides is 13. The summed E-state index contributed by atoms with van der Waals surface area (Å²) >= 11 is 3.92. The van der Waals surface area contributed by atoms with Gasteiger partial charge in [-0.2, -0.15) is 11.8 Å². The van der Waals surface area contributed by atoms with Gasteiger partial charge in [0, 0.05) is 91.8 Å². The average Bonchev–Trinajstić information content (AvgIpc) is 0.978. The molecule has 36 nitrogen and oxygen atoms in total. The summed E-state index contributed by atoms with van der Waals surface area (Å²) in [5.41, 5.74) is 17.4. The Kier molecular flexibility index (Phi) is 50.0. The van der Waals surface area contributed by atoms with Crippen molar-refractivity contribution in [1.82, 2.24) is 60.0 Å². The predicted octanol–water partition coefficient (Wildman–Crippen LogP) is 4.71. The van der Waals surface area contributed by atoms with Crippen LogP contribution >= 0.6 is 34.4 Å². The minimum atomic E-state index is -1.48. The van der Waals surface area contributed by atoms with Crippen molar-refractivity contribution in [3.63, 3.8) is 0 Å². The molecule has 5 heterocycles. The van der Waals surface area contributed by atoms with E-state index >= 15 is 14.4 Å². The number of furan rings is 3. The Morgan fingerprint density at radius 3 is 1.22 bits per heavy atom. The third kappa shape index (κ3) is 41.1. The van der Waals surface area contributed by atoms with Crippen molar-refractivity contribution in [2.45, 2.75) is 162 Å². The first-order valence-corrected chi connectivity index (χ1v) is 45.3. The number of rotatable bonds is 67. The molecular weight excluding hydrogens is 1680 g/mol. The zero-order valence-electron chi connectivity index (χ0n) is 72.9. The summed E-state index contributed by atoms with van der Waals surface area (Å²) in [6.45, 7) is 5.77. The molecule has 0 spiro atoms. The number of nitrogens with two attached hydrogens (primary N) is 3. The Morgan fingerprint density at radius 1 is 0.448 bits per heavy atom. The van der Waals surface area contributed by atoms with E-state index in [4.69, 9.17) is 44.7 Å². The number of ether oxygens (including phenoxy) is 3. The van der Waals surface area contributed by atoms with Gasteiger partial charge in [-0.1, -0.05) is 18.2 Å². The minimum absolute atomic E-state index is 0.00180. The van der Waals surface area contributed by atoms with Crippen LogP contribution in [0.1, 0.15) is 154 Å². The quantitative estimate of drug-likeness (QED) is 0.0174. The number of thiophene rings is 2. The SMILES string of the molecule is C=CCN(CC(=O)N(CC(=O)N(CCCCN)CC(=O)N(CCCCN)CC(=O)N(CCOC)CC(=O)NC(CCSC)C(N)=O)Cc1ccco1)C(=O)C(CCCCNC(=O)CN(CCCOC(C)C)C(=O)CN(Cc1ccco1)C(=O)CCC(=O)c1cccs1)NC(=O)CN(CCCOC(C)C)C(=O)CN(Cc1ccco1)C(=O)CCC(=O)c1cccs1. The van der Waals surface area contributed by atoms with Gasteiger partial charge >= 0.3 is 0 Å². The van der Waals surface area contributed by atoms with Gasteiger partial charge in [-0.15, -0.1) is 29.3 Å². The number of primary amides is 1. The second-order valence-electron chi connectivity index (χ2n) is 30.2. The highest BCUT2D eigenvalue weighted by Crippen LogP contribution is 2.20. The van der Waals surface area contributed by atoms with Crippen LogP contribution in [0.3, 0.4) is 0 Å². The lowest BCUT2D eigenvalue weighted by Crippen LogP contribution is -2.54. The maximum atomic E-state index is 15.5. The van der Waals surface area contributed by atoms with Crippen molar-refractivity contribution in [2.24, 2.45) is 17.2 Å². The molecule has 0 aliphatic carbocycles. The molecule has 0 saturated carbocycles. The summed E-state index contributed by atoms with van der Waals surface area (Å²) in [6.07, 6.45) is 8.68. The van der Waals surface area contributed by atoms with Crippen molar-refractivity contribution in [1.29, 1.82) is 0 Å². The fraction of sp³-hybridized carbons (Fsp3) is 0.570. The molecule has 2 atom stereocenters. The van der Waals surface area contributed by atoms with Crippen molar-refractivity contribution >= 4 is 123 Å². The highest BCUT2D eigenvalue weighted by atomic mass is 32.2. The average molecular weight is 1800 g/mol. The fourth-order valence-electron chi connectivity index (χ4n) is 12.8. The van der Waals surface area contributed by atoms with Crippen molar-refractivity contribution in [3.05, 3.63) is 130 Å². The number of hydrogen-bond acceptors (Lipinski definition) is 26. The molecule has 0 bridgehead atoms. The van der Waals surface area contributed by atoms with Gasteiger partial charge in [-0.3, -0.25) is 71.9 Å². The van der Waals surface area contributed by atoms with Crippen molar-refractivity contribution < 1.29 is 99.4 Å². The summed E-state index contributed by atoms with van der Waals surface area (Å²) in [6, 6.07) is 13.9. The van der Waals surface area contributed by atoms with E-state index < -0.39 is 148 Å².